The van der Waals surface area contributed by atoms with E-state index in [1.807, 2.05) is 54.9 Å². The third-order valence-corrected chi connectivity index (χ3v) is 6.36. The molecule has 0 aliphatic carbocycles. The maximum atomic E-state index is 12.7. The van der Waals surface area contributed by atoms with E-state index >= 15 is 0 Å². The lowest BCUT2D eigenvalue weighted by atomic mass is 10.2. The molecular formula is C24H28N4O2S. The summed E-state index contributed by atoms with van der Waals surface area (Å²) in [6.45, 7) is 5.22. The zero-order valence-electron chi connectivity index (χ0n) is 18.0. The van der Waals surface area contributed by atoms with Crippen LogP contribution in [0, 0.1) is 0 Å². The second-order valence-electron chi connectivity index (χ2n) is 7.74. The fraction of sp³-hybridized carbons (Fsp3) is 0.333. The molecule has 0 spiro atoms. The molecule has 1 aromatic heterocycles. The van der Waals surface area contributed by atoms with Gasteiger partial charge in [-0.25, -0.2) is 4.98 Å². The van der Waals surface area contributed by atoms with E-state index in [4.69, 9.17) is 4.74 Å². The number of carbonyl (C=O) groups is 1. The molecule has 0 unspecified atom stereocenters. The van der Waals surface area contributed by atoms with Gasteiger partial charge >= 0.3 is 0 Å². The van der Waals surface area contributed by atoms with Crippen molar-refractivity contribution in [1.82, 2.24) is 14.8 Å². The number of amides is 1. The minimum atomic E-state index is -0.0332. The van der Waals surface area contributed by atoms with Gasteiger partial charge in [-0.3, -0.25) is 9.69 Å². The van der Waals surface area contributed by atoms with Gasteiger partial charge < -0.3 is 14.5 Å². The molecule has 0 bridgehead atoms. The molecule has 0 N–H and O–H groups in total. The van der Waals surface area contributed by atoms with Crippen LogP contribution in [-0.2, 0) is 13.1 Å². The lowest BCUT2D eigenvalue weighted by molar-refractivity contribution is 0.0779. The van der Waals surface area contributed by atoms with E-state index in [2.05, 4.69) is 26.9 Å². The first-order valence-corrected chi connectivity index (χ1v) is 11.4. The number of carbonyl (C=O) groups excluding carboxylic acids is 1. The fourth-order valence-electron chi connectivity index (χ4n) is 3.77. The van der Waals surface area contributed by atoms with E-state index in [0.717, 1.165) is 49.0 Å². The second-order valence-corrected chi connectivity index (χ2v) is 8.68. The van der Waals surface area contributed by atoms with Gasteiger partial charge in [0.1, 0.15) is 16.5 Å². The van der Waals surface area contributed by atoms with Crippen molar-refractivity contribution in [3.63, 3.8) is 0 Å². The number of piperazine rings is 1. The standard InChI is InChI=1S/C24H28N4O2S/c1-26(16-19-7-4-3-5-8-19)24(29)22-18-31-23(25-22)17-27-11-13-28(14-12-27)20-9-6-10-21(15-20)30-2/h3-10,15,18H,11-14,16-17H2,1-2H3. The molecule has 7 heteroatoms. The number of rotatable bonds is 7. The number of aromatic nitrogens is 1. The van der Waals surface area contributed by atoms with Crippen LogP contribution < -0.4 is 9.64 Å². The summed E-state index contributed by atoms with van der Waals surface area (Å²) in [5.41, 5.74) is 2.85. The summed E-state index contributed by atoms with van der Waals surface area (Å²) in [6.07, 6.45) is 0. The summed E-state index contributed by atoms with van der Waals surface area (Å²) in [7, 11) is 3.52. The van der Waals surface area contributed by atoms with Crippen LogP contribution in [0.2, 0.25) is 0 Å². The van der Waals surface area contributed by atoms with Crippen LogP contribution >= 0.6 is 11.3 Å². The molecule has 2 heterocycles. The molecule has 1 fully saturated rings. The Bertz CT molecular complexity index is 1000. The number of ether oxygens (including phenoxy) is 1. The van der Waals surface area contributed by atoms with Gasteiger partial charge in [0.25, 0.3) is 5.91 Å². The normalized spacial score (nSPS) is 14.5. The molecule has 1 aliphatic rings. The van der Waals surface area contributed by atoms with Gasteiger partial charge in [-0.1, -0.05) is 36.4 Å². The number of methoxy groups -OCH3 is 1. The van der Waals surface area contributed by atoms with Gasteiger partial charge in [-0.2, -0.15) is 0 Å². The predicted octanol–water partition coefficient (Wildman–Crippen LogP) is 3.75. The van der Waals surface area contributed by atoms with Crippen molar-refractivity contribution in [3.05, 3.63) is 76.2 Å². The number of benzene rings is 2. The maximum absolute atomic E-state index is 12.7. The van der Waals surface area contributed by atoms with Crippen molar-refractivity contribution in [2.45, 2.75) is 13.1 Å². The lowest BCUT2D eigenvalue weighted by Crippen LogP contribution is -2.45. The smallest absolute Gasteiger partial charge is 0.273 e. The van der Waals surface area contributed by atoms with E-state index in [9.17, 15) is 4.79 Å². The van der Waals surface area contributed by atoms with E-state index in [1.54, 1.807) is 23.3 Å². The van der Waals surface area contributed by atoms with Gasteiger partial charge in [-0.05, 0) is 17.7 Å². The maximum Gasteiger partial charge on any atom is 0.273 e. The van der Waals surface area contributed by atoms with Crippen LogP contribution in [0.5, 0.6) is 5.75 Å². The highest BCUT2D eigenvalue weighted by Crippen LogP contribution is 2.23. The highest BCUT2D eigenvalue weighted by Gasteiger charge is 2.20. The minimum absolute atomic E-state index is 0.0332. The van der Waals surface area contributed by atoms with Crippen molar-refractivity contribution in [2.75, 3.05) is 45.2 Å². The van der Waals surface area contributed by atoms with E-state index in [-0.39, 0.29) is 5.91 Å². The summed E-state index contributed by atoms with van der Waals surface area (Å²) in [5, 5.41) is 2.87. The molecular weight excluding hydrogens is 408 g/mol. The van der Waals surface area contributed by atoms with Crippen LogP contribution in [0.4, 0.5) is 5.69 Å². The first kappa shape index (κ1) is 21.3. The fourth-order valence-corrected chi connectivity index (χ4v) is 4.58. The molecule has 0 saturated carbocycles. The van der Waals surface area contributed by atoms with Crippen LogP contribution in [0.15, 0.2) is 60.0 Å². The highest BCUT2D eigenvalue weighted by molar-refractivity contribution is 7.09. The number of thiazole rings is 1. The van der Waals surface area contributed by atoms with Gasteiger partial charge in [0.15, 0.2) is 0 Å². The van der Waals surface area contributed by atoms with Crippen LogP contribution in [0.3, 0.4) is 0 Å². The summed E-state index contributed by atoms with van der Waals surface area (Å²) in [4.78, 5) is 23.9. The number of hydrogen-bond donors (Lipinski definition) is 0. The Labute approximate surface area is 187 Å². The predicted molar refractivity (Wildman–Crippen MR) is 125 cm³/mol. The highest BCUT2D eigenvalue weighted by atomic mass is 32.1. The monoisotopic (exact) mass is 436 g/mol. The summed E-state index contributed by atoms with van der Waals surface area (Å²) in [6, 6.07) is 18.2. The second kappa shape index (κ2) is 9.94. The molecule has 1 amide bonds. The molecule has 6 nitrogen and oxygen atoms in total. The Morgan fingerprint density at radius 1 is 1.10 bits per heavy atom. The molecule has 3 aromatic rings. The van der Waals surface area contributed by atoms with Crippen LogP contribution in [-0.4, -0.2) is 61.0 Å². The molecule has 0 atom stereocenters. The Morgan fingerprint density at radius 3 is 2.61 bits per heavy atom. The molecule has 0 radical (unpaired) electrons. The molecule has 1 aliphatic heterocycles. The van der Waals surface area contributed by atoms with Crippen LogP contribution in [0.25, 0.3) is 0 Å². The Morgan fingerprint density at radius 2 is 1.87 bits per heavy atom. The minimum Gasteiger partial charge on any atom is -0.497 e. The molecule has 2 aromatic carbocycles. The Hall–Kier alpha value is -2.90. The third-order valence-electron chi connectivity index (χ3n) is 5.53. The zero-order valence-corrected chi connectivity index (χ0v) is 18.8. The van der Waals surface area contributed by atoms with E-state index in [1.165, 1.54) is 5.69 Å². The summed E-state index contributed by atoms with van der Waals surface area (Å²) in [5.74, 6) is 0.853. The number of nitrogens with zero attached hydrogens (tertiary/aromatic N) is 4. The molecule has 1 saturated heterocycles. The van der Waals surface area contributed by atoms with E-state index < -0.39 is 0 Å². The zero-order chi connectivity index (χ0) is 21.6. The summed E-state index contributed by atoms with van der Waals surface area (Å²) < 4.78 is 5.34. The van der Waals surface area contributed by atoms with Crippen molar-refractivity contribution < 1.29 is 9.53 Å². The van der Waals surface area contributed by atoms with Crippen molar-refractivity contribution in [3.8, 4) is 5.75 Å². The van der Waals surface area contributed by atoms with Crippen molar-refractivity contribution in [1.29, 1.82) is 0 Å². The molecule has 4 rings (SSSR count). The lowest BCUT2D eigenvalue weighted by Gasteiger charge is -2.35. The quantitative estimate of drug-likeness (QED) is 0.565. The first-order chi connectivity index (χ1) is 15.1. The van der Waals surface area contributed by atoms with Crippen molar-refractivity contribution in [2.24, 2.45) is 0 Å². The van der Waals surface area contributed by atoms with Gasteiger partial charge in [0.05, 0.1) is 13.7 Å². The average Bonchev–Trinajstić information content (AvgIpc) is 3.28. The topological polar surface area (TPSA) is 48.9 Å². The van der Waals surface area contributed by atoms with Gasteiger partial charge in [0.2, 0.25) is 0 Å². The number of anilines is 1. The first-order valence-electron chi connectivity index (χ1n) is 10.5. The Kier molecular flexibility index (Phi) is 6.84. The SMILES string of the molecule is COc1cccc(N2CCN(Cc3nc(C(=O)N(C)Cc4ccccc4)cs3)CC2)c1. The average molecular weight is 437 g/mol. The largest absolute Gasteiger partial charge is 0.497 e. The van der Waals surface area contributed by atoms with Gasteiger partial charge in [0, 0.05) is 56.9 Å². The van der Waals surface area contributed by atoms with E-state index in [0.29, 0.717) is 12.2 Å². The molecule has 162 valence electrons. The van der Waals surface area contributed by atoms with Gasteiger partial charge in [-0.15, -0.1) is 11.3 Å². The summed E-state index contributed by atoms with van der Waals surface area (Å²) >= 11 is 1.57. The Balaban J connectivity index is 1.29. The third kappa shape index (κ3) is 5.42. The van der Waals surface area contributed by atoms with Crippen molar-refractivity contribution >= 4 is 22.9 Å². The number of hydrogen-bond acceptors (Lipinski definition) is 6. The molecule has 31 heavy (non-hydrogen) atoms. The van der Waals surface area contributed by atoms with Crippen LogP contribution in [0.1, 0.15) is 21.1 Å².